The highest BCUT2D eigenvalue weighted by Gasteiger charge is 2.04. The second-order valence-electron chi connectivity index (χ2n) is 2.30. The third kappa shape index (κ3) is 4.15. The van der Waals surface area contributed by atoms with Gasteiger partial charge in [0.05, 0.1) is 12.7 Å². The van der Waals surface area contributed by atoms with Crippen LogP contribution < -0.4 is 0 Å². The van der Waals surface area contributed by atoms with Gasteiger partial charge in [-0.15, -0.1) is 0 Å². The summed E-state index contributed by atoms with van der Waals surface area (Å²) < 4.78 is 4.50. The summed E-state index contributed by atoms with van der Waals surface area (Å²) in [5.41, 5.74) is 0.332. The summed E-state index contributed by atoms with van der Waals surface area (Å²) in [6.45, 7) is 3.48. The van der Waals surface area contributed by atoms with Crippen molar-refractivity contribution in [2.45, 2.75) is 13.8 Å². The number of hydrogen-bond acceptors (Lipinski definition) is 3. The summed E-state index contributed by atoms with van der Waals surface area (Å²) in [5, 5.41) is 9.22. The quantitative estimate of drug-likeness (QED) is 0.315. The third-order valence-corrected chi connectivity index (χ3v) is 1.37. The van der Waals surface area contributed by atoms with E-state index in [-0.39, 0.29) is 5.76 Å². The van der Waals surface area contributed by atoms with Gasteiger partial charge in [-0.3, -0.25) is 0 Å². The van der Waals surface area contributed by atoms with Gasteiger partial charge in [0.2, 0.25) is 0 Å². The predicted molar refractivity (Wildman–Crippen MR) is 51.3 cm³/mol. The molecule has 0 fully saturated rings. The van der Waals surface area contributed by atoms with Crippen molar-refractivity contribution < 1.29 is 14.6 Å². The highest BCUT2D eigenvalue weighted by atomic mass is 16.5. The van der Waals surface area contributed by atoms with Crippen LogP contribution in [0.15, 0.2) is 35.6 Å². The van der Waals surface area contributed by atoms with Crippen molar-refractivity contribution in [3.05, 3.63) is 35.6 Å². The maximum atomic E-state index is 11.0. The standard InChI is InChI=1S/C10H14O3/c1-4-6-9(11)7-8(5-2)10(12)13-3/h4-7,11H,1-3H3/b6-4+,8-5-,9-7+. The van der Waals surface area contributed by atoms with E-state index >= 15 is 0 Å². The zero-order valence-corrected chi connectivity index (χ0v) is 8.07. The second-order valence-corrected chi connectivity index (χ2v) is 2.30. The molecule has 72 valence electrons. The van der Waals surface area contributed by atoms with E-state index in [9.17, 15) is 9.90 Å². The molecule has 0 aromatic rings. The van der Waals surface area contributed by atoms with Crippen LogP contribution in [0.4, 0.5) is 0 Å². The molecule has 0 heterocycles. The van der Waals surface area contributed by atoms with Crippen LogP contribution in [-0.2, 0) is 9.53 Å². The Morgan fingerprint density at radius 3 is 2.38 bits per heavy atom. The number of esters is 1. The van der Waals surface area contributed by atoms with Gasteiger partial charge in [0.1, 0.15) is 5.76 Å². The molecule has 0 aliphatic rings. The highest BCUT2D eigenvalue weighted by molar-refractivity contribution is 5.91. The first-order valence-electron chi connectivity index (χ1n) is 3.93. The average Bonchev–Trinajstić information content (AvgIpc) is 2.13. The first-order chi connectivity index (χ1) is 6.15. The second kappa shape index (κ2) is 6.06. The van der Waals surface area contributed by atoms with Gasteiger partial charge in [-0.2, -0.15) is 0 Å². The van der Waals surface area contributed by atoms with Crippen LogP contribution in [0.3, 0.4) is 0 Å². The number of allylic oxidation sites excluding steroid dienone is 3. The van der Waals surface area contributed by atoms with Gasteiger partial charge in [-0.25, -0.2) is 4.79 Å². The predicted octanol–water partition coefficient (Wildman–Crippen LogP) is 2.12. The van der Waals surface area contributed by atoms with Crippen molar-refractivity contribution >= 4 is 5.97 Å². The molecule has 3 heteroatoms. The summed E-state index contributed by atoms with van der Waals surface area (Å²) in [6, 6.07) is 0. The highest BCUT2D eigenvalue weighted by Crippen LogP contribution is 2.03. The minimum absolute atomic E-state index is 0.0287. The number of ether oxygens (including phenoxy) is 1. The number of hydrogen-bond donors (Lipinski definition) is 1. The van der Waals surface area contributed by atoms with Crippen molar-refractivity contribution in [2.24, 2.45) is 0 Å². The fourth-order valence-electron chi connectivity index (χ4n) is 0.756. The zero-order valence-electron chi connectivity index (χ0n) is 8.07. The lowest BCUT2D eigenvalue weighted by Crippen LogP contribution is -2.02. The van der Waals surface area contributed by atoms with E-state index in [1.165, 1.54) is 19.3 Å². The van der Waals surface area contributed by atoms with Crippen LogP contribution in [0.25, 0.3) is 0 Å². The molecular weight excluding hydrogens is 168 g/mol. The minimum atomic E-state index is -0.460. The molecule has 0 saturated carbocycles. The zero-order chi connectivity index (χ0) is 10.3. The lowest BCUT2D eigenvalue weighted by molar-refractivity contribution is -0.135. The minimum Gasteiger partial charge on any atom is -0.508 e. The number of carbonyl (C=O) groups is 1. The molecule has 1 N–H and O–H groups in total. The summed E-state index contributed by atoms with van der Waals surface area (Å²) in [4.78, 5) is 11.0. The molecule has 0 rings (SSSR count). The fraction of sp³-hybridized carbons (Fsp3) is 0.300. The van der Waals surface area contributed by atoms with Gasteiger partial charge in [0.15, 0.2) is 0 Å². The molecule has 0 aromatic heterocycles. The largest absolute Gasteiger partial charge is 0.508 e. The van der Waals surface area contributed by atoms with Crippen molar-refractivity contribution in [3.8, 4) is 0 Å². The average molecular weight is 182 g/mol. The number of aliphatic hydroxyl groups is 1. The normalized spacial score (nSPS) is 13.5. The third-order valence-electron chi connectivity index (χ3n) is 1.37. The molecule has 13 heavy (non-hydrogen) atoms. The monoisotopic (exact) mass is 182 g/mol. The van der Waals surface area contributed by atoms with Gasteiger partial charge < -0.3 is 9.84 Å². The lowest BCUT2D eigenvalue weighted by atomic mass is 10.2. The van der Waals surface area contributed by atoms with Crippen molar-refractivity contribution in [3.63, 3.8) is 0 Å². The summed E-state index contributed by atoms with van der Waals surface area (Å²) in [6.07, 6.45) is 6.10. The molecule has 0 aromatic carbocycles. The number of aliphatic hydroxyl groups excluding tert-OH is 1. The smallest absolute Gasteiger partial charge is 0.337 e. The maximum absolute atomic E-state index is 11.0. The van der Waals surface area contributed by atoms with E-state index in [1.807, 2.05) is 0 Å². The molecular formula is C10H14O3. The Labute approximate surface area is 78.0 Å². The number of methoxy groups -OCH3 is 1. The first kappa shape index (κ1) is 11.5. The van der Waals surface area contributed by atoms with E-state index in [0.717, 1.165) is 0 Å². The van der Waals surface area contributed by atoms with Gasteiger partial charge in [0, 0.05) is 0 Å². The lowest BCUT2D eigenvalue weighted by Gasteiger charge is -1.98. The van der Waals surface area contributed by atoms with Gasteiger partial charge in [0.25, 0.3) is 0 Å². The summed E-state index contributed by atoms with van der Waals surface area (Å²) >= 11 is 0. The van der Waals surface area contributed by atoms with Gasteiger partial charge in [-0.1, -0.05) is 12.2 Å². The van der Waals surface area contributed by atoms with Crippen LogP contribution >= 0.6 is 0 Å². The van der Waals surface area contributed by atoms with Crippen molar-refractivity contribution in [1.82, 2.24) is 0 Å². The number of carbonyl (C=O) groups excluding carboxylic acids is 1. The van der Waals surface area contributed by atoms with E-state index in [1.54, 1.807) is 26.0 Å². The van der Waals surface area contributed by atoms with Crippen molar-refractivity contribution in [1.29, 1.82) is 0 Å². The summed E-state index contributed by atoms with van der Waals surface area (Å²) in [5.74, 6) is -0.431. The molecule has 0 aliphatic carbocycles. The maximum Gasteiger partial charge on any atom is 0.337 e. The SMILES string of the molecule is C/C=C(/C=C(O)\C=C\C)C(=O)OC. The fourth-order valence-corrected chi connectivity index (χ4v) is 0.756. The Hall–Kier alpha value is -1.51. The van der Waals surface area contributed by atoms with Crippen LogP contribution in [0.2, 0.25) is 0 Å². The Balaban J connectivity index is 4.64. The van der Waals surface area contributed by atoms with Crippen molar-refractivity contribution in [2.75, 3.05) is 7.11 Å². The Morgan fingerprint density at radius 1 is 1.38 bits per heavy atom. The van der Waals surface area contributed by atoms with E-state index in [0.29, 0.717) is 5.57 Å². The molecule has 0 radical (unpaired) electrons. The number of rotatable bonds is 3. The molecule has 0 spiro atoms. The molecule has 0 atom stereocenters. The Morgan fingerprint density at radius 2 is 2.00 bits per heavy atom. The van der Waals surface area contributed by atoms with E-state index in [4.69, 9.17) is 0 Å². The Kier molecular flexibility index (Phi) is 5.35. The Bertz CT molecular complexity index is 259. The van der Waals surface area contributed by atoms with E-state index in [2.05, 4.69) is 4.74 Å². The molecule has 0 saturated heterocycles. The van der Waals surface area contributed by atoms with Crippen LogP contribution in [0.5, 0.6) is 0 Å². The van der Waals surface area contributed by atoms with Crippen LogP contribution in [-0.4, -0.2) is 18.2 Å². The molecule has 0 amide bonds. The molecule has 3 nitrogen and oxygen atoms in total. The van der Waals surface area contributed by atoms with E-state index < -0.39 is 5.97 Å². The molecule has 0 aliphatic heterocycles. The molecule has 0 unspecified atom stereocenters. The van der Waals surface area contributed by atoms with Crippen LogP contribution in [0.1, 0.15) is 13.8 Å². The first-order valence-corrected chi connectivity index (χ1v) is 3.93. The summed E-state index contributed by atoms with van der Waals surface area (Å²) in [7, 11) is 1.30. The van der Waals surface area contributed by atoms with Gasteiger partial charge >= 0.3 is 5.97 Å². The topological polar surface area (TPSA) is 46.5 Å². The van der Waals surface area contributed by atoms with Crippen LogP contribution in [0, 0.1) is 0 Å². The van der Waals surface area contributed by atoms with Gasteiger partial charge in [-0.05, 0) is 26.0 Å². The molecule has 0 bridgehead atoms.